The van der Waals surface area contributed by atoms with Crippen LogP contribution in [0, 0.1) is 0 Å². The van der Waals surface area contributed by atoms with E-state index < -0.39 is 15.9 Å². The number of imidazole rings is 1. The molecule has 170 valence electrons. The second kappa shape index (κ2) is 10.1. The molecule has 1 aliphatic rings. The Bertz CT molecular complexity index is 1160. The van der Waals surface area contributed by atoms with E-state index in [4.69, 9.17) is 5.73 Å². The van der Waals surface area contributed by atoms with E-state index in [1.165, 1.54) is 10.5 Å². The van der Waals surface area contributed by atoms with E-state index in [1.807, 2.05) is 0 Å². The van der Waals surface area contributed by atoms with Crippen LogP contribution in [0.15, 0.2) is 47.9 Å². The number of nitrogen functional groups attached to an aromatic ring is 1. The summed E-state index contributed by atoms with van der Waals surface area (Å²) in [5, 5.41) is 2.76. The standard InChI is InChI=1S/C20H23N7O3S.ClH/c21-19-18(20(28)23-8-7-15-11-22-13-25-15)26-17(12-24-19)14-3-5-16(6-4-14)31(29,30)27-9-1-2-10-27;/h3-6,11-13H,1-2,7-10H2,(H2,21,24)(H,22,25)(H,23,28);1H. The summed E-state index contributed by atoms with van der Waals surface area (Å²) in [6, 6.07) is 6.40. The molecule has 0 unspecified atom stereocenters. The van der Waals surface area contributed by atoms with E-state index >= 15 is 0 Å². The minimum Gasteiger partial charge on any atom is -0.382 e. The molecule has 0 atom stereocenters. The molecule has 12 heteroatoms. The zero-order chi connectivity index (χ0) is 21.8. The van der Waals surface area contributed by atoms with Gasteiger partial charge in [-0.2, -0.15) is 4.31 Å². The van der Waals surface area contributed by atoms with Crippen LogP contribution >= 0.6 is 12.4 Å². The lowest BCUT2D eigenvalue weighted by atomic mass is 10.1. The Hall–Kier alpha value is -3.02. The van der Waals surface area contributed by atoms with Crippen LogP contribution < -0.4 is 11.1 Å². The predicted molar refractivity (Wildman–Crippen MR) is 122 cm³/mol. The third-order valence-corrected chi connectivity index (χ3v) is 7.00. The molecule has 2 aromatic heterocycles. The minimum absolute atomic E-state index is 0. The summed E-state index contributed by atoms with van der Waals surface area (Å²) in [5.41, 5.74) is 7.77. The van der Waals surface area contributed by atoms with E-state index in [-0.39, 0.29) is 28.8 Å². The van der Waals surface area contributed by atoms with Crippen LogP contribution in [0.25, 0.3) is 11.3 Å². The normalized spacial score (nSPS) is 14.1. The van der Waals surface area contributed by atoms with Crippen molar-refractivity contribution in [1.29, 1.82) is 0 Å². The number of aromatic nitrogens is 4. The molecule has 1 aliphatic heterocycles. The molecular weight excluding hydrogens is 454 g/mol. The van der Waals surface area contributed by atoms with Crippen molar-refractivity contribution < 1.29 is 13.2 Å². The van der Waals surface area contributed by atoms with Crippen LogP contribution in [0.1, 0.15) is 29.0 Å². The number of rotatable bonds is 7. The second-order valence-electron chi connectivity index (χ2n) is 7.19. The maximum absolute atomic E-state index is 12.7. The number of hydrogen-bond donors (Lipinski definition) is 3. The fourth-order valence-electron chi connectivity index (χ4n) is 3.40. The Morgan fingerprint density at radius 3 is 2.53 bits per heavy atom. The molecule has 4 rings (SSSR count). The first-order valence-electron chi connectivity index (χ1n) is 9.94. The number of halogens is 1. The predicted octanol–water partition coefficient (Wildman–Crippen LogP) is 1.63. The summed E-state index contributed by atoms with van der Waals surface area (Å²) >= 11 is 0. The molecular formula is C20H24ClN7O3S. The average molecular weight is 478 g/mol. The Morgan fingerprint density at radius 1 is 1.16 bits per heavy atom. The zero-order valence-corrected chi connectivity index (χ0v) is 18.8. The SMILES string of the molecule is Cl.Nc1ncc(-c2ccc(S(=O)(=O)N3CCCC3)cc2)nc1C(=O)NCCc1c[nH]cn1. The Morgan fingerprint density at radius 2 is 1.88 bits per heavy atom. The van der Waals surface area contributed by atoms with Gasteiger partial charge in [-0.25, -0.2) is 23.4 Å². The Kier molecular flexibility index (Phi) is 7.44. The molecule has 1 aromatic carbocycles. The van der Waals surface area contributed by atoms with Gasteiger partial charge in [0.1, 0.15) is 0 Å². The largest absolute Gasteiger partial charge is 0.382 e. The first kappa shape index (κ1) is 23.6. The first-order valence-corrected chi connectivity index (χ1v) is 11.4. The van der Waals surface area contributed by atoms with Gasteiger partial charge in [0.25, 0.3) is 5.91 Å². The number of amides is 1. The number of nitrogens with one attached hydrogen (secondary N) is 2. The molecule has 1 amide bonds. The fourth-order valence-corrected chi connectivity index (χ4v) is 4.91. The lowest BCUT2D eigenvalue weighted by Gasteiger charge is -2.15. The number of carbonyl (C=O) groups excluding carboxylic acids is 1. The fraction of sp³-hybridized carbons (Fsp3) is 0.300. The number of H-pyrrole nitrogens is 1. The van der Waals surface area contributed by atoms with Crippen LogP contribution in [0.2, 0.25) is 0 Å². The molecule has 0 spiro atoms. The van der Waals surface area contributed by atoms with Crippen LogP contribution in [-0.4, -0.2) is 58.2 Å². The van der Waals surface area contributed by atoms with Crippen molar-refractivity contribution >= 4 is 34.2 Å². The van der Waals surface area contributed by atoms with Gasteiger partial charge < -0.3 is 16.0 Å². The van der Waals surface area contributed by atoms with E-state index in [9.17, 15) is 13.2 Å². The van der Waals surface area contributed by atoms with Crippen molar-refractivity contribution in [3.05, 3.63) is 54.4 Å². The topological polar surface area (TPSA) is 147 Å². The zero-order valence-electron chi connectivity index (χ0n) is 17.2. The van der Waals surface area contributed by atoms with E-state index in [0.717, 1.165) is 18.5 Å². The Labute approximate surface area is 192 Å². The third kappa shape index (κ3) is 5.06. The van der Waals surface area contributed by atoms with E-state index in [1.54, 1.807) is 36.8 Å². The van der Waals surface area contributed by atoms with Crippen molar-refractivity contribution in [3.63, 3.8) is 0 Å². The number of aromatic amines is 1. The van der Waals surface area contributed by atoms with Gasteiger partial charge in [-0.15, -0.1) is 12.4 Å². The van der Waals surface area contributed by atoms with Crippen molar-refractivity contribution in [2.75, 3.05) is 25.4 Å². The first-order chi connectivity index (χ1) is 14.9. The maximum atomic E-state index is 12.7. The molecule has 4 N–H and O–H groups in total. The lowest BCUT2D eigenvalue weighted by molar-refractivity contribution is 0.0950. The quantitative estimate of drug-likeness (QED) is 0.468. The van der Waals surface area contributed by atoms with Crippen LogP contribution in [0.4, 0.5) is 5.82 Å². The molecule has 10 nitrogen and oxygen atoms in total. The number of sulfonamides is 1. The molecule has 3 heterocycles. The van der Waals surface area contributed by atoms with E-state index in [2.05, 4.69) is 25.3 Å². The molecule has 0 radical (unpaired) electrons. The van der Waals surface area contributed by atoms with Gasteiger partial charge in [0.15, 0.2) is 11.5 Å². The summed E-state index contributed by atoms with van der Waals surface area (Å²) in [7, 11) is -3.49. The number of nitrogens with zero attached hydrogens (tertiary/aromatic N) is 4. The molecule has 1 fully saturated rings. The summed E-state index contributed by atoms with van der Waals surface area (Å²) < 4.78 is 26.9. The molecule has 0 saturated carbocycles. The molecule has 0 aliphatic carbocycles. The van der Waals surface area contributed by atoms with Gasteiger partial charge in [-0.3, -0.25) is 4.79 Å². The summed E-state index contributed by atoms with van der Waals surface area (Å²) in [6.07, 6.45) is 7.12. The van der Waals surface area contributed by atoms with Crippen LogP contribution in [-0.2, 0) is 16.4 Å². The smallest absolute Gasteiger partial charge is 0.273 e. The van der Waals surface area contributed by atoms with Crippen molar-refractivity contribution in [3.8, 4) is 11.3 Å². The number of benzene rings is 1. The van der Waals surface area contributed by atoms with Gasteiger partial charge in [0, 0.05) is 37.8 Å². The highest BCUT2D eigenvalue weighted by Gasteiger charge is 2.27. The molecule has 3 aromatic rings. The van der Waals surface area contributed by atoms with Crippen LogP contribution in [0.5, 0.6) is 0 Å². The second-order valence-corrected chi connectivity index (χ2v) is 9.13. The third-order valence-electron chi connectivity index (χ3n) is 5.09. The summed E-state index contributed by atoms with van der Waals surface area (Å²) in [5.74, 6) is -0.412. The van der Waals surface area contributed by atoms with Crippen molar-refractivity contribution in [2.45, 2.75) is 24.2 Å². The number of nitrogens with two attached hydrogens (primary N) is 1. The van der Waals surface area contributed by atoms with Crippen molar-refractivity contribution in [1.82, 2.24) is 29.6 Å². The Balaban J connectivity index is 0.00000289. The highest BCUT2D eigenvalue weighted by atomic mass is 35.5. The number of anilines is 1. The molecule has 0 bridgehead atoms. The number of carbonyl (C=O) groups is 1. The molecule has 1 saturated heterocycles. The summed E-state index contributed by atoms with van der Waals surface area (Å²) in [4.78, 5) is 28.1. The van der Waals surface area contributed by atoms with E-state index in [0.29, 0.717) is 37.3 Å². The number of hydrogen-bond acceptors (Lipinski definition) is 7. The van der Waals surface area contributed by atoms with Crippen molar-refractivity contribution in [2.24, 2.45) is 0 Å². The van der Waals surface area contributed by atoms with Gasteiger partial charge in [-0.1, -0.05) is 12.1 Å². The lowest BCUT2D eigenvalue weighted by Crippen LogP contribution is -2.28. The van der Waals surface area contributed by atoms with Crippen LogP contribution in [0.3, 0.4) is 0 Å². The van der Waals surface area contributed by atoms with Gasteiger partial charge in [-0.05, 0) is 25.0 Å². The minimum atomic E-state index is -3.49. The highest BCUT2D eigenvalue weighted by Crippen LogP contribution is 2.24. The summed E-state index contributed by atoms with van der Waals surface area (Å²) in [6.45, 7) is 1.47. The van der Waals surface area contributed by atoms with Gasteiger partial charge in [0.05, 0.1) is 28.8 Å². The monoisotopic (exact) mass is 477 g/mol. The van der Waals surface area contributed by atoms with Gasteiger partial charge in [0.2, 0.25) is 10.0 Å². The molecule has 32 heavy (non-hydrogen) atoms. The highest BCUT2D eigenvalue weighted by molar-refractivity contribution is 7.89. The van der Waals surface area contributed by atoms with Gasteiger partial charge >= 0.3 is 0 Å². The average Bonchev–Trinajstić information content (AvgIpc) is 3.49. The maximum Gasteiger partial charge on any atom is 0.273 e.